The molecule has 24 heavy (non-hydrogen) atoms. The number of fused-ring (bicyclic) bond motifs is 2. The molecule has 0 unspecified atom stereocenters. The molecule has 2 aliphatic heterocycles. The van der Waals surface area contributed by atoms with Crippen molar-refractivity contribution in [2.45, 2.75) is 0 Å². The van der Waals surface area contributed by atoms with E-state index in [4.69, 9.17) is 9.97 Å². The second-order valence-electron chi connectivity index (χ2n) is 5.98. The van der Waals surface area contributed by atoms with Crippen LogP contribution in [0, 0.1) is 30.2 Å². The van der Waals surface area contributed by atoms with Crippen molar-refractivity contribution in [3.05, 3.63) is 90.9 Å². The maximum absolute atomic E-state index is 4.80. The lowest BCUT2D eigenvalue weighted by Crippen LogP contribution is -1.76. The van der Waals surface area contributed by atoms with Crippen molar-refractivity contribution in [3.8, 4) is 0 Å². The highest BCUT2D eigenvalue weighted by molar-refractivity contribution is 7.17. The standard InChI is InChI=1S/C20H10N2S2/c1-2-12-4-3-11(1)19-21-15-7-5-13(9-17(15)23-19)14-6-8-16-18(10-14)24-20(12)22-16/h1-10H. The second-order valence-corrected chi connectivity index (χ2v) is 8.04. The average Bonchev–Trinajstić information content (AvgIpc) is 3.23. The summed E-state index contributed by atoms with van der Waals surface area (Å²) in [7, 11) is 0. The van der Waals surface area contributed by atoms with Gasteiger partial charge >= 0.3 is 0 Å². The van der Waals surface area contributed by atoms with Crippen LogP contribution in [-0.2, 0) is 0 Å². The summed E-state index contributed by atoms with van der Waals surface area (Å²) in [5.74, 6) is 0. The lowest BCUT2D eigenvalue weighted by atomic mass is 10.2. The van der Waals surface area contributed by atoms with Crippen LogP contribution in [0.2, 0.25) is 0 Å². The zero-order valence-corrected chi connectivity index (χ0v) is 14.1. The summed E-state index contributed by atoms with van der Waals surface area (Å²) in [6.07, 6.45) is 0. The van der Waals surface area contributed by atoms with Crippen molar-refractivity contribution in [1.29, 1.82) is 0 Å². The van der Waals surface area contributed by atoms with Gasteiger partial charge in [-0.1, -0.05) is 36.4 Å². The fourth-order valence-electron chi connectivity index (χ4n) is 3.21. The minimum absolute atomic E-state index is 1.07. The van der Waals surface area contributed by atoms with E-state index < -0.39 is 0 Å². The Kier molecular flexibility index (Phi) is 2.40. The number of hydrogen-bond acceptors (Lipinski definition) is 4. The van der Waals surface area contributed by atoms with Crippen molar-refractivity contribution in [1.82, 2.24) is 9.97 Å². The van der Waals surface area contributed by atoms with E-state index >= 15 is 0 Å². The molecule has 4 heterocycles. The number of hydrogen-bond donors (Lipinski definition) is 0. The highest BCUT2D eigenvalue weighted by Crippen LogP contribution is 2.23. The molecule has 4 heteroatoms. The monoisotopic (exact) mass is 342 g/mol. The molecule has 0 atom stereocenters. The SMILES string of the molecule is c1cc2nc3sc2cc1=c1ccc2nc(sc2c1)=c1ccc=3cc1. The van der Waals surface area contributed by atoms with Gasteiger partial charge in [-0.3, -0.25) is 0 Å². The van der Waals surface area contributed by atoms with Gasteiger partial charge < -0.3 is 0 Å². The lowest BCUT2D eigenvalue weighted by Gasteiger charge is -1.91. The number of rotatable bonds is 0. The third-order valence-corrected chi connectivity index (χ3v) is 6.62. The third kappa shape index (κ3) is 1.75. The van der Waals surface area contributed by atoms with Gasteiger partial charge in [-0.05, 0) is 34.7 Å². The predicted octanol–water partition coefficient (Wildman–Crippen LogP) is 5.08. The van der Waals surface area contributed by atoms with Crippen LogP contribution in [0.1, 0.15) is 0 Å². The summed E-state index contributed by atoms with van der Waals surface area (Å²) < 4.78 is 4.60. The normalized spacial score (nSPS) is 12.2. The van der Waals surface area contributed by atoms with Crippen LogP contribution in [0.25, 0.3) is 20.4 Å². The van der Waals surface area contributed by atoms with Crippen LogP contribution in [0.4, 0.5) is 0 Å². The van der Waals surface area contributed by atoms with Gasteiger partial charge in [0, 0.05) is 10.4 Å². The molecule has 3 aromatic carbocycles. The molecular formula is C20H10N2S2. The predicted molar refractivity (Wildman–Crippen MR) is 98.7 cm³/mol. The molecular weight excluding hydrogens is 332 g/mol. The summed E-state index contributed by atoms with van der Waals surface area (Å²) in [5.41, 5.74) is 2.14. The Labute approximate surface area is 144 Å². The summed E-state index contributed by atoms with van der Waals surface area (Å²) in [6.45, 7) is 0. The third-order valence-electron chi connectivity index (χ3n) is 4.49. The molecule has 8 bridgehead atoms. The van der Waals surface area contributed by atoms with Crippen LogP contribution < -0.4 is 0 Å². The maximum atomic E-state index is 4.80. The molecule has 112 valence electrons. The van der Waals surface area contributed by atoms with E-state index in [9.17, 15) is 0 Å². The van der Waals surface area contributed by atoms with E-state index in [0.717, 1.165) is 20.4 Å². The molecule has 2 aliphatic rings. The van der Waals surface area contributed by atoms with Crippen molar-refractivity contribution in [2.24, 2.45) is 0 Å². The largest absolute Gasteiger partial charge is 0.236 e. The fraction of sp³-hybridized carbons (Fsp3) is 0. The number of benzene rings is 3. The molecule has 2 nitrogen and oxygen atoms in total. The van der Waals surface area contributed by atoms with Crippen LogP contribution in [0.15, 0.2) is 60.7 Å². The fourth-order valence-corrected chi connectivity index (χ4v) is 5.23. The lowest BCUT2D eigenvalue weighted by molar-refractivity contribution is 1.34. The van der Waals surface area contributed by atoms with Crippen LogP contribution >= 0.6 is 22.7 Å². The van der Waals surface area contributed by atoms with Gasteiger partial charge in [0.1, 0.15) is 9.33 Å². The number of thiazole rings is 2. The quantitative estimate of drug-likeness (QED) is 0.385. The Hall–Kier alpha value is -2.56. The Bertz CT molecular complexity index is 1420. The first-order chi connectivity index (χ1) is 11.8. The Morgan fingerprint density at radius 2 is 0.917 bits per heavy atom. The highest BCUT2D eigenvalue weighted by Gasteiger charge is 2.02. The van der Waals surface area contributed by atoms with Crippen LogP contribution in [0.5, 0.6) is 0 Å². The van der Waals surface area contributed by atoms with Gasteiger partial charge in [-0.2, -0.15) is 0 Å². The Balaban J connectivity index is 2.06. The van der Waals surface area contributed by atoms with Gasteiger partial charge in [0.25, 0.3) is 0 Å². The Morgan fingerprint density at radius 1 is 0.500 bits per heavy atom. The summed E-state index contributed by atoms with van der Waals surface area (Å²) in [4.78, 5) is 9.60. The first kappa shape index (κ1) is 12.8. The molecule has 0 saturated carbocycles. The molecule has 0 spiro atoms. The van der Waals surface area contributed by atoms with Crippen molar-refractivity contribution < 1.29 is 0 Å². The topological polar surface area (TPSA) is 25.8 Å². The number of nitrogens with zero attached hydrogens (tertiary/aromatic N) is 2. The number of aromatic nitrogens is 2. The molecule has 0 fully saturated rings. The average molecular weight is 342 g/mol. The van der Waals surface area contributed by atoms with E-state index in [2.05, 4.69) is 60.7 Å². The second kappa shape index (κ2) is 4.50. The van der Waals surface area contributed by atoms with E-state index in [-0.39, 0.29) is 0 Å². The van der Waals surface area contributed by atoms with Gasteiger partial charge in [-0.15, -0.1) is 22.7 Å². The molecule has 0 radical (unpaired) electrons. The molecule has 0 amide bonds. The zero-order valence-electron chi connectivity index (χ0n) is 12.5. The highest BCUT2D eigenvalue weighted by atomic mass is 32.1. The van der Waals surface area contributed by atoms with Crippen molar-refractivity contribution >= 4 is 43.1 Å². The van der Waals surface area contributed by atoms with Gasteiger partial charge in [0.15, 0.2) is 0 Å². The van der Waals surface area contributed by atoms with Crippen molar-refractivity contribution in [3.63, 3.8) is 0 Å². The molecule has 0 aliphatic carbocycles. The van der Waals surface area contributed by atoms with Crippen LogP contribution in [-0.4, -0.2) is 9.97 Å². The molecule has 2 aromatic heterocycles. The first-order valence-corrected chi connectivity index (χ1v) is 9.39. The van der Waals surface area contributed by atoms with E-state index in [1.807, 2.05) is 0 Å². The van der Waals surface area contributed by atoms with Gasteiger partial charge in [0.05, 0.1) is 20.4 Å². The summed E-state index contributed by atoms with van der Waals surface area (Å²) in [5, 5.41) is 4.81. The van der Waals surface area contributed by atoms with Gasteiger partial charge in [0.2, 0.25) is 0 Å². The summed E-state index contributed by atoms with van der Waals surface area (Å²) in [6, 6.07) is 21.7. The maximum Gasteiger partial charge on any atom is 0.124 e. The van der Waals surface area contributed by atoms with Crippen molar-refractivity contribution in [2.75, 3.05) is 0 Å². The Morgan fingerprint density at radius 3 is 1.38 bits per heavy atom. The minimum Gasteiger partial charge on any atom is -0.236 e. The summed E-state index contributed by atoms with van der Waals surface area (Å²) >= 11 is 3.51. The minimum atomic E-state index is 1.07. The van der Waals surface area contributed by atoms with E-state index in [0.29, 0.717) is 0 Å². The first-order valence-electron chi connectivity index (χ1n) is 7.76. The zero-order chi connectivity index (χ0) is 15.7. The molecule has 7 rings (SSSR count). The molecule has 0 N–H and O–H groups in total. The van der Waals surface area contributed by atoms with Crippen LogP contribution in [0.3, 0.4) is 0 Å². The smallest absolute Gasteiger partial charge is 0.124 e. The molecule has 5 aromatic rings. The van der Waals surface area contributed by atoms with Gasteiger partial charge in [-0.25, -0.2) is 9.97 Å². The van der Waals surface area contributed by atoms with E-state index in [1.54, 1.807) is 22.7 Å². The van der Waals surface area contributed by atoms with E-state index in [1.165, 1.54) is 30.3 Å². The molecule has 0 saturated heterocycles.